The minimum Gasteiger partial charge on any atom is -0.0948 e. The van der Waals surface area contributed by atoms with Gasteiger partial charge in [0.05, 0.1) is 8.07 Å². The predicted octanol–water partition coefficient (Wildman–Crippen LogP) is 6.32. The fourth-order valence-electron chi connectivity index (χ4n) is 4.05. The Morgan fingerprint density at radius 2 is 1.24 bits per heavy atom. The first-order valence-corrected chi connectivity index (χ1v) is 13.2. The molecule has 0 aromatic heterocycles. The average molecular weight is 333 g/mol. The topological polar surface area (TPSA) is 0 Å². The van der Waals surface area contributed by atoms with Crippen molar-refractivity contribution in [2.45, 2.75) is 36.5 Å². The van der Waals surface area contributed by atoms with E-state index >= 15 is 0 Å². The molecule has 0 aliphatic carbocycles. The molecule has 3 atom stereocenters. The number of hydrogen-bond acceptors (Lipinski definition) is 0. The maximum absolute atomic E-state index is 7.07. The molecule has 110 valence electrons. The van der Waals surface area contributed by atoms with Crippen LogP contribution >= 0.6 is 18.5 Å². The molecule has 0 saturated carbocycles. The second-order valence-corrected chi connectivity index (χ2v) is 15.9. The SMILES string of the molecule is CC1(c2ccccc2)P(Cl)C1(c1ccccc1)[Si](C)(C)C. The lowest BCUT2D eigenvalue weighted by molar-refractivity contribution is 0.701. The van der Waals surface area contributed by atoms with Crippen LogP contribution in [0.15, 0.2) is 60.7 Å². The van der Waals surface area contributed by atoms with Crippen LogP contribution in [0.4, 0.5) is 0 Å². The van der Waals surface area contributed by atoms with Crippen LogP contribution in [0.5, 0.6) is 0 Å². The van der Waals surface area contributed by atoms with Gasteiger partial charge in [0.2, 0.25) is 0 Å². The van der Waals surface area contributed by atoms with Crippen molar-refractivity contribution in [1.29, 1.82) is 0 Å². The highest BCUT2D eigenvalue weighted by atomic mass is 35.7. The maximum Gasteiger partial charge on any atom is 0.0643 e. The summed E-state index contributed by atoms with van der Waals surface area (Å²) in [6, 6.07) is 21.8. The molecule has 1 fully saturated rings. The molecule has 1 saturated heterocycles. The van der Waals surface area contributed by atoms with E-state index in [0.717, 1.165) is 0 Å². The van der Waals surface area contributed by atoms with Crippen LogP contribution in [-0.2, 0) is 9.94 Å². The van der Waals surface area contributed by atoms with Gasteiger partial charge in [-0.25, -0.2) is 0 Å². The van der Waals surface area contributed by atoms with E-state index in [1.807, 2.05) is 0 Å². The predicted molar refractivity (Wildman–Crippen MR) is 98.0 cm³/mol. The van der Waals surface area contributed by atoms with Crippen molar-refractivity contribution in [3.8, 4) is 0 Å². The van der Waals surface area contributed by atoms with E-state index in [9.17, 15) is 0 Å². The van der Waals surface area contributed by atoms with Gasteiger partial charge in [0.1, 0.15) is 0 Å². The summed E-state index contributed by atoms with van der Waals surface area (Å²) in [5.41, 5.74) is 2.84. The zero-order chi connectivity index (χ0) is 15.3. The molecule has 1 aliphatic rings. The molecule has 0 amide bonds. The normalized spacial score (nSPS) is 32.0. The molecule has 2 aromatic rings. The molecule has 21 heavy (non-hydrogen) atoms. The lowest BCUT2D eigenvalue weighted by atomic mass is 9.93. The standard InChI is InChI=1S/C18H22ClPSi/c1-17(15-11-7-5-8-12-15)18(20(17)19,21(2,3)4)16-13-9-6-10-14-16/h5-14H,1-4H3. The molecular weight excluding hydrogens is 311 g/mol. The van der Waals surface area contributed by atoms with Crippen molar-refractivity contribution in [2.24, 2.45) is 0 Å². The van der Waals surface area contributed by atoms with Crippen LogP contribution in [0, 0.1) is 0 Å². The smallest absolute Gasteiger partial charge is 0.0643 e. The van der Waals surface area contributed by atoms with Crippen molar-refractivity contribution >= 4 is 26.6 Å². The lowest BCUT2D eigenvalue weighted by Gasteiger charge is -2.33. The molecule has 0 radical (unpaired) electrons. The minimum atomic E-state index is -1.50. The van der Waals surface area contributed by atoms with E-state index in [1.54, 1.807) is 0 Å². The summed E-state index contributed by atoms with van der Waals surface area (Å²) in [5.74, 6) is 0. The zero-order valence-corrected chi connectivity index (χ0v) is 15.7. The van der Waals surface area contributed by atoms with Crippen molar-refractivity contribution in [2.75, 3.05) is 0 Å². The maximum atomic E-state index is 7.07. The summed E-state index contributed by atoms with van der Waals surface area (Å²) in [6.45, 7) is 9.77. The quantitative estimate of drug-likeness (QED) is 0.455. The summed E-state index contributed by atoms with van der Waals surface area (Å²) in [5, 5.41) is 0.0942. The van der Waals surface area contributed by atoms with E-state index in [-0.39, 0.29) is 9.94 Å². The molecule has 3 heteroatoms. The fourth-order valence-corrected chi connectivity index (χ4v) is 16.9. The van der Waals surface area contributed by atoms with Gasteiger partial charge in [-0.1, -0.05) is 91.5 Å². The summed E-state index contributed by atoms with van der Waals surface area (Å²) < 4.78 is 0.166. The van der Waals surface area contributed by atoms with Crippen molar-refractivity contribution < 1.29 is 0 Å². The number of benzene rings is 2. The molecule has 0 N–H and O–H groups in total. The third-order valence-corrected chi connectivity index (χ3v) is 15.5. The Morgan fingerprint density at radius 3 is 1.67 bits per heavy atom. The van der Waals surface area contributed by atoms with Gasteiger partial charge in [0, 0.05) is 17.2 Å². The van der Waals surface area contributed by atoms with Gasteiger partial charge in [-0.05, 0) is 18.1 Å². The molecule has 3 unspecified atom stereocenters. The highest BCUT2D eigenvalue weighted by molar-refractivity contribution is 7.94. The molecule has 0 nitrogen and oxygen atoms in total. The molecule has 3 rings (SSSR count). The van der Waals surface area contributed by atoms with Gasteiger partial charge in [0.25, 0.3) is 0 Å². The Bertz CT molecular complexity index is 637. The second-order valence-electron chi connectivity index (χ2n) is 7.05. The first kappa shape index (κ1) is 15.3. The van der Waals surface area contributed by atoms with Crippen LogP contribution in [0.25, 0.3) is 0 Å². The Hall–Kier alpha value is -0.623. The van der Waals surface area contributed by atoms with E-state index < -0.39 is 15.3 Å². The summed E-state index contributed by atoms with van der Waals surface area (Å²) >= 11 is 7.07. The first-order chi connectivity index (χ1) is 9.87. The largest absolute Gasteiger partial charge is 0.0948 e. The van der Waals surface area contributed by atoms with Gasteiger partial charge in [-0.15, -0.1) is 0 Å². The summed E-state index contributed by atoms with van der Waals surface area (Å²) in [4.78, 5) is 0. The van der Waals surface area contributed by atoms with E-state index in [2.05, 4.69) is 87.2 Å². The van der Waals surface area contributed by atoms with Crippen molar-refractivity contribution in [1.82, 2.24) is 0 Å². The van der Waals surface area contributed by atoms with Crippen LogP contribution in [0.3, 0.4) is 0 Å². The molecule has 1 heterocycles. The van der Waals surface area contributed by atoms with E-state index in [4.69, 9.17) is 11.2 Å². The highest BCUT2D eigenvalue weighted by Gasteiger charge is 2.79. The Labute approximate surface area is 135 Å². The zero-order valence-electron chi connectivity index (χ0n) is 13.1. The van der Waals surface area contributed by atoms with Crippen molar-refractivity contribution in [3.63, 3.8) is 0 Å². The van der Waals surface area contributed by atoms with Crippen LogP contribution < -0.4 is 0 Å². The highest BCUT2D eigenvalue weighted by Crippen LogP contribution is 2.96. The first-order valence-electron chi connectivity index (χ1n) is 7.44. The molecule has 0 bridgehead atoms. The minimum absolute atomic E-state index is 0.0942. The van der Waals surface area contributed by atoms with Crippen LogP contribution in [0.2, 0.25) is 19.6 Å². The van der Waals surface area contributed by atoms with Gasteiger partial charge >= 0.3 is 0 Å². The monoisotopic (exact) mass is 332 g/mol. The summed E-state index contributed by atoms with van der Waals surface area (Å²) in [7, 11) is -2.07. The fraction of sp³-hybridized carbons (Fsp3) is 0.333. The Balaban J connectivity index is 2.21. The lowest BCUT2D eigenvalue weighted by Crippen LogP contribution is -2.43. The molecular formula is C18H22ClPSi. The second kappa shape index (κ2) is 4.95. The van der Waals surface area contributed by atoms with Crippen LogP contribution in [-0.4, -0.2) is 8.07 Å². The van der Waals surface area contributed by atoms with Gasteiger partial charge in [-0.3, -0.25) is 0 Å². The van der Waals surface area contributed by atoms with E-state index in [0.29, 0.717) is 0 Å². The van der Waals surface area contributed by atoms with E-state index in [1.165, 1.54) is 11.1 Å². The molecule has 2 aromatic carbocycles. The van der Waals surface area contributed by atoms with Crippen LogP contribution in [0.1, 0.15) is 18.1 Å². The Morgan fingerprint density at radius 1 is 0.810 bits per heavy atom. The third-order valence-electron chi connectivity index (χ3n) is 4.95. The van der Waals surface area contributed by atoms with Gasteiger partial charge in [-0.2, -0.15) is 0 Å². The number of rotatable bonds is 3. The number of hydrogen-bond donors (Lipinski definition) is 0. The third kappa shape index (κ3) is 1.91. The van der Waals surface area contributed by atoms with Gasteiger partial charge < -0.3 is 0 Å². The summed E-state index contributed by atoms with van der Waals surface area (Å²) in [6.07, 6.45) is 0. The average Bonchev–Trinajstić information content (AvgIpc) is 3.00. The molecule has 1 aliphatic heterocycles. The number of halogens is 1. The Kier molecular flexibility index (Phi) is 3.60. The van der Waals surface area contributed by atoms with Gasteiger partial charge in [0.15, 0.2) is 0 Å². The molecule has 0 spiro atoms. The van der Waals surface area contributed by atoms with Crippen molar-refractivity contribution in [3.05, 3.63) is 71.8 Å².